The first kappa shape index (κ1) is 14.2. The van der Waals surface area contributed by atoms with Crippen molar-refractivity contribution in [3.05, 3.63) is 70.8 Å². The van der Waals surface area contributed by atoms with Crippen molar-refractivity contribution < 1.29 is 8.78 Å². The molecule has 21 heavy (non-hydrogen) atoms. The quantitative estimate of drug-likeness (QED) is 0.797. The number of rotatable bonds is 3. The van der Waals surface area contributed by atoms with E-state index in [4.69, 9.17) is 0 Å². The molecule has 0 amide bonds. The Bertz CT molecular complexity index is 619. The molecule has 0 spiro atoms. The van der Waals surface area contributed by atoms with E-state index in [2.05, 4.69) is 36.1 Å². The van der Waals surface area contributed by atoms with Crippen LogP contribution < -0.4 is 0 Å². The maximum Gasteiger partial charge on any atom is 0.126 e. The Hall–Kier alpha value is -1.74. The summed E-state index contributed by atoms with van der Waals surface area (Å²) in [6.07, 6.45) is 2.22. The van der Waals surface area contributed by atoms with Gasteiger partial charge in [0, 0.05) is 18.7 Å². The number of nitrogens with zero attached hydrogens (tertiary/aromatic N) is 1. The van der Waals surface area contributed by atoms with E-state index in [0.29, 0.717) is 18.2 Å². The number of hydrogen-bond acceptors (Lipinski definition) is 1. The monoisotopic (exact) mass is 287 g/mol. The number of hydrogen-bond donors (Lipinski definition) is 0. The van der Waals surface area contributed by atoms with Gasteiger partial charge in [0.1, 0.15) is 11.6 Å². The highest BCUT2D eigenvalue weighted by atomic mass is 19.1. The maximum absolute atomic E-state index is 13.3. The van der Waals surface area contributed by atoms with Crippen molar-refractivity contribution >= 4 is 0 Å². The van der Waals surface area contributed by atoms with Gasteiger partial charge in [0.25, 0.3) is 0 Å². The van der Waals surface area contributed by atoms with Gasteiger partial charge in [-0.25, -0.2) is 8.78 Å². The number of halogens is 2. The fourth-order valence-electron chi connectivity index (χ4n) is 3.21. The van der Waals surface area contributed by atoms with Crippen molar-refractivity contribution in [3.8, 4) is 0 Å². The number of benzene rings is 2. The second kappa shape index (κ2) is 5.94. The molecule has 2 aromatic rings. The van der Waals surface area contributed by atoms with Crippen LogP contribution >= 0.6 is 0 Å². The largest absolute Gasteiger partial charge is 0.292 e. The minimum atomic E-state index is -0.503. The molecule has 0 aliphatic carbocycles. The highest BCUT2D eigenvalue weighted by molar-refractivity contribution is 5.26. The molecule has 3 heteroatoms. The summed E-state index contributed by atoms with van der Waals surface area (Å²) in [6, 6.07) is 12.6. The Kier molecular flexibility index (Phi) is 4.02. The molecule has 1 aliphatic heterocycles. The van der Waals surface area contributed by atoms with Gasteiger partial charge in [-0.2, -0.15) is 0 Å². The van der Waals surface area contributed by atoms with Crippen molar-refractivity contribution in [2.45, 2.75) is 32.4 Å². The summed E-state index contributed by atoms with van der Waals surface area (Å²) in [7, 11) is 0. The molecule has 1 heterocycles. The molecule has 1 saturated heterocycles. The average Bonchev–Trinajstić information content (AvgIpc) is 2.85. The lowest BCUT2D eigenvalue weighted by Crippen LogP contribution is -2.23. The molecule has 0 radical (unpaired) electrons. The normalized spacial score (nSPS) is 19.1. The highest BCUT2D eigenvalue weighted by Gasteiger charge is 2.26. The molecule has 1 nitrogen and oxygen atoms in total. The minimum absolute atomic E-state index is 0.344. The van der Waals surface area contributed by atoms with E-state index in [1.165, 1.54) is 23.3 Å². The third-order valence-corrected chi connectivity index (χ3v) is 4.10. The van der Waals surface area contributed by atoms with Crippen LogP contribution in [0.15, 0.2) is 42.5 Å². The SMILES string of the molecule is Cc1cccc(C2CCCN2Cc2cc(F)cc(F)c2)c1. The standard InChI is InChI=1S/C18H19F2N/c1-13-4-2-5-15(8-13)18-6-3-7-21(18)12-14-9-16(19)11-17(20)10-14/h2,4-5,8-11,18H,3,6-7,12H2,1H3. The Morgan fingerprint density at radius 3 is 2.57 bits per heavy atom. The maximum atomic E-state index is 13.3. The van der Waals surface area contributed by atoms with Gasteiger partial charge < -0.3 is 0 Å². The van der Waals surface area contributed by atoms with Gasteiger partial charge in [-0.15, -0.1) is 0 Å². The van der Waals surface area contributed by atoms with Gasteiger partial charge in [-0.05, 0) is 49.6 Å². The van der Waals surface area contributed by atoms with Gasteiger partial charge in [0.15, 0.2) is 0 Å². The summed E-state index contributed by atoms with van der Waals surface area (Å²) < 4.78 is 26.6. The summed E-state index contributed by atoms with van der Waals surface area (Å²) in [6.45, 7) is 3.65. The summed E-state index contributed by atoms with van der Waals surface area (Å²) in [4.78, 5) is 2.31. The van der Waals surface area contributed by atoms with Crippen molar-refractivity contribution in [2.24, 2.45) is 0 Å². The fourth-order valence-corrected chi connectivity index (χ4v) is 3.21. The summed E-state index contributed by atoms with van der Waals surface area (Å²) in [5.74, 6) is -1.01. The van der Waals surface area contributed by atoms with E-state index in [9.17, 15) is 8.78 Å². The zero-order valence-corrected chi connectivity index (χ0v) is 12.2. The van der Waals surface area contributed by atoms with Crippen LogP contribution in [0.3, 0.4) is 0 Å². The van der Waals surface area contributed by atoms with Gasteiger partial charge in [-0.3, -0.25) is 4.90 Å². The first-order chi connectivity index (χ1) is 10.1. The van der Waals surface area contributed by atoms with E-state index in [1.54, 1.807) is 0 Å². The summed E-state index contributed by atoms with van der Waals surface area (Å²) in [5, 5.41) is 0. The van der Waals surface area contributed by atoms with Gasteiger partial charge in [0.2, 0.25) is 0 Å². The Balaban J connectivity index is 1.81. The molecule has 3 rings (SSSR count). The topological polar surface area (TPSA) is 3.24 Å². The van der Waals surface area contributed by atoms with Gasteiger partial charge >= 0.3 is 0 Å². The second-order valence-electron chi connectivity index (χ2n) is 5.82. The zero-order chi connectivity index (χ0) is 14.8. The molecule has 1 aliphatic rings. The lowest BCUT2D eigenvalue weighted by atomic mass is 10.0. The predicted octanol–water partition coefficient (Wildman–Crippen LogP) is 4.61. The van der Waals surface area contributed by atoms with Crippen molar-refractivity contribution in [1.29, 1.82) is 0 Å². The van der Waals surface area contributed by atoms with Crippen molar-refractivity contribution in [3.63, 3.8) is 0 Å². The predicted molar refractivity (Wildman–Crippen MR) is 79.9 cm³/mol. The minimum Gasteiger partial charge on any atom is -0.292 e. The first-order valence-corrected chi connectivity index (χ1v) is 7.37. The summed E-state index contributed by atoms with van der Waals surface area (Å²) >= 11 is 0. The van der Waals surface area contributed by atoms with Crippen molar-refractivity contribution in [2.75, 3.05) is 6.54 Å². The van der Waals surface area contributed by atoms with E-state index < -0.39 is 11.6 Å². The van der Waals surface area contributed by atoms with Crippen LogP contribution in [0, 0.1) is 18.6 Å². The lowest BCUT2D eigenvalue weighted by molar-refractivity contribution is 0.248. The van der Waals surface area contributed by atoms with E-state index in [1.807, 2.05) is 0 Å². The molecule has 1 unspecified atom stereocenters. The molecule has 0 bridgehead atoms. The number of aryl methyl sites for hydroxylation is 1. The van der Waals surface area contributed by atoms with Gasteiger partial charge in [0.05, 0.1) is 0 Å². The molecule has 1 fully saturated rings. The van der Waals surface area contributed by atoms with Crippen LogP contribution in [0.4, 0.5) is 8.78 Å². The Morgan fingerprint density at radius 1 is 1.10 bits per heavy atom. The molecular weight excluding hydrogens is 268 g/mol. The molecule has 1 atom stereocenters. The first-order valence-electron chi connectivity index (χ1n) is 7.37. The Labute approximate surface area is 124 Å². The van der Waals surface area contributed by atoms with Crippen LogP contribution in [0.25, 0.3) is 0 Å². The van der Waals surface area contributed by atoms with E-state index in [0.717, 1.165) is 25.5 Å². The molecule has 0 saturated carbocycles. The smallest absolute Gasteiger partial charge is 0.126 e. The van der Waals surface area contributed by atoms with Crippen LogP contribution in [-0.4, -0.2) is 11.4 Å². The highest BCUT2D eigenvalue weighted by Crippen LogP contribution is 2.33. The number of likely N-dealkylation sites (tertiary alicyclic amines) is 1. The van der Waals surface area contributed by atoms with Gasteiger partial charge in [-0.1, -0.05) is 29.8 Å². The molecule has 2 aromatic carbocycles. The van der Waals surface area contributed by atoms with Crippen LogP contribution in [0.2, 0.25) is 0 Å². The zero-order valence-electron chi connectivity index (χ0n) is 12.2. The molecule has 110 valence electrons. The molecule has 0 aromatic heterocycles. The Morgan fingerprint density at radius 2 is 1.86 bits per heavy atom. The van der Waals surface area contributed by atoms with E-state index in [-0.39, 0.29) is 0 Å². The third kappa shape index (κ3) is 3.30. The van der Waals surface area contributed by atoms with Crippen LogP contribution in [0.5, 0.6) is 0 Å². The van der Waals surface area contributed by atoms with Crippen LogP contribution in [-0.2, 0) is 6.54 Å². The molecular formula is C18H19F2N. The third-order valence-electron chi connectivity index (χ3n) is 4.10. The van der Waals surface area contributed by atoms with Crippen LogP contribution in [0.1, 0.15) is 35.6 Å². The average molecular weight is 287 g/mol. The second-order valence-corrected chi connectivity index (χ2v) is 5.82. The van der Waals surface area contributed by atoms with Crippen molar-refractivity contribution in [1.82, 2.24) is 4.90 Å². The van der Waals surface area contributed by atoms with E-state index >= 15 is 0 Å². The lowest BCUT2D eigenvalue weighted by Gasteiger charge is -2.25. The summed E-state index contributed by atoms with van der Waals surface area (Å²) in [5.41, 5.74) is 3.24. The fraction of sp³-hybridized carbons (Fsp3) is 0.333. The molecule has 0 N–H and O–H groups in total.